The van der Waals surface area contributed by atoms with Crippen LogP contribution in [0.2, 0.25) is 0 Å². The highest BCUT2D eigenvalue weighted by Gasteiger charge is 2.30. The molecule has 0 bridgehead atoms. The van der Waals surface area contributed by atoms with E-state index in [1.54, 1.807) is 6.07 Å². The molecule has 0 fully saturated rings. The van der Waals surface area contributed by atoms with E-state index < -0.39 is 95.7 Å². The zero-order valence-electron chi connectivity index (χ0n) is 51.5. The third kappa shape index (κ3) is 23.1. The maximum atomic E-state index is 14.3. The maximum absolute atomic E-state index is 14.3. The molecule has 0 aliphatic heterocycles. The predicted octanol–water partition coefficient (Wildman–Crippen LogP) is 3.23. The Morgan fingerprint density at radius 3 is 1.12 bits per heavy atom. The molecular weight excluding hydrogens is 1170 g/mol. The molecule has 490 valence electrons. The first kappa shape index (κ1) is 73.3. The predicted molar refractivity (Wildman–Crippen MR) is 336 cm³/mol. The van der Waals surface area contributed by atoms with Gasteiger partial charge in [0.25, 0.3) is 23.6 Å². The summed E-state index contributed by atoms with van der Waals surface area (Å²) in [6, 6.07) is 11.2. The van der Waals surface area contributed by atoms with E-state index in [9.17, 15) is 47.9 Å². The first-order chi connectivity index (χ1) is 43.1. The van der Waals surface area contributed by atoms with Crippen molar-refractivity contribution in [3.8, 4) is 28.7 Å². The summed E-state index contributed by atoms with van der Waals surface area (Å²) in [5.41, 5.74) is 29.2. The number of amides is 7. The molecule has 28 nitrogen and oxygen atoms in total. The van der Waals surface area contributed by atoms with Gasteiger partial charge in [-0.3, -0.25) is 43.2 Å². The van der Waals surface area contributed by atoms with Crippen LogP contribution in [0, 0.1) is 0 Å². The molecule has 0 unspecified atom stereocenters. The Labute approximate surface area is 522 Å². The van der Waals surface area contributed by atoms with Gasteiger partial charge >= 0.3 is 11.9 Å². The van der Waals surface area contributed by atoms with Crippen molar-refractivity contribution in [3.05, 3.63) is 95.1 Å². The quantitative estimate of drug-likeness (QED) is 0.0173. The minimum Gasteiger partial charge on any atom is -0.496 e. The number of nitrogens with two attached hydrogens (primary N) is 5. The van der Waals surface area contributed by atoms with Gasteiger partial charge in [0.2, 0.25) is 17.7 Å². The number of Topliss-reactive ketones (excluding diaryl/α,β-unsaturated/α-hetero) is 1. The van der Waals surface area contributed by atoms with Crippen molar-refractivity contribution in [1.29, 1.82) is 0 Å². The summed E-state index contributed by atoms with van der Waals surface area (Å²) < 4.78 is 27.5. The van der Waals surface area contributed by atoms with Gasteiger partial charge in [0.05, 0.1) is 62.8 Å². The molecule has 4 aromatic rings. The van der Waals surface area contributed by atoms with Crippen molar-refractivity contribution in [2.24, 2.45) is 28.7 Å². The highest BCUT2D eigenvalue weighted by Crippen LogP contribution is 2.29. The second-order valence-corrected chi connectivity index (χ2v) is 20.9. The van der Waals surface area contributed by atoms with Crippen LogP contribution in [0.1, 0.15) is 138 Å². The maximum Gasteiger partial charge on any atom is 0.334 e. The van der Waals surface area contributed by atoms with Gasteiger partial charge in [0.1, 0.15) is 46.9 Å². The van der Waals surface area contributed by atoms with Crippen molar-refractivity contribution in [3.63, 3.8) is 0 Å². The van der Waals surface area contributed by atoms with E-state index in [1.807, 2.05) is 0 Å². The smallest absolute Gasteiger partial charge is 0.334 e. The van der Waals surface area contributed by atoms with Gasteiger partial charge in [-0.25, -0.2) is 4.79 Å². The number of esters is 1. The van der Waals surface area contributed by atoms with Gasteiger partial charge in [0, 0.05) is 23.5 Å². The molecule has 90 heavy (non-hydrogen) atoms. The number of benzene rings is 4. The number of hydrogen-bond donors (Lipinski definition) is 13. The van der Waals surface area contributed by atoms with Gasteiger partial charge in [-0.1, -0.05) is 6.42 Å². The molecule has 0 radical (unpaired) electrons. The van der Waals surface area contributed by atoms with Crippen LogP contribution >= 0.6 is 0 Å². The Bertz CT molecular complexity index is 3130. The lowest BCUT2D eigenvalue weighted by atomic mass is 10.1. The van der Waals surface area contributed by atoms with Gasteiger partial charge in [-0.2, -0.15) is 0 Å². The van der Waals surface area contributed by atoms with Crippen molar-refractivity contribution in [2.75, 3.05) is 70.6 Å². The summed E-state index contributed by atoms with van der Waals surface area (Å²) in [6.07, 6.45) is 4.19. The normalized spacial score (nSPS) is 12.5. The minimum atomic E-state index is -1.30. The summed E-state index contributed by atoms with van der Waals surface area (Å²) in [5.74, 6) is -7.28. The van der Waals surface area contributed by atoms with E-state index in [-0.39, 0.29) is 107 Å². The number of rotatable bonds is 40. The van der Waals surface area contributed by atoms with E-state index in [0.29, 0.717) is 70.9 Å². The monoisotopic (exact) mass is 1250 g/mol. The summed E-state index contributed by atoms with van der Waals surface area (Å²) in [6.45, 7) is 2.54. The van der Waals surface area contributed by atoms with Crippen LogP contribution in [0.5, 0.6) is 28.7 Å². The number of nitrogens with one attached hydrogen (secondary N) is 7. The molecule has 0 saturated heterocycles. The van der Waals surface area contributed by atoms with Crippen LogP contribution in [0.25, 0.3) is 0 Å². The third-order valence-electron chi connectivity index (χ3n) is 14.2. The second kappa shape index (κ2) is 38.2. The largest absolute Gasteiger partial charge is 0.496 e. The molecule has 0 heterocycles. The fourth-order valence-electron chi connectivity index (χ4n) is 9.19. The summed E-state index contributed by atoms with van der Waals surface area (Å²) >= 11 is 0. The van der Waals surface area contributed by atoms with E-state index in [4.69, 9.17) is 57.5 Å². The lowest BCUT2D eigenvalue weighted by Gasteiger charge is -2.21. The van der Waals surface area contributed by atoms with Crippen molar-refractivity contribution >= 4 is 76.1 Å². The van der Waals surface area contributed by atoms with Crippen molar-refractivity contribution < 1.29 is 76.7 Å². The highest BCUT2D eigenvalue weighted by molar-refractivity contribution is 6.07. The lowest BCUT2D eigenvalue weighted by Crippen LogP contribution is -2.44. The Hall–Kier alpha value is -9.22. The Morgan fingerprint density at radius 2 is 0.756 bits per heavy atom. The first-order valence-electron chi connectivity index (χ1n) is 29.5. The Kier molecular flexibility index (Phi) is 31.1. The van der Waals surface area contributed by atoms with Crippen molar-refractivity contribution in [1.82, 2.24) is 21.3 Å². The molecule has 0 spiro atoms. The highest BCUT2D eigenvalue weighted by atomic mass is 16.5. The van der Waals surface area contributed by atoms with Crippen LogP contribution in [-0.2, 0) is 28.8 Å². The number of aliphatic carboxylic acids is 1. The van der Waals surface area contributed by atoms with E-state index in [0.717, 1.165) is 0 Å². The molecule has 18 N–H and O–H groups in total. The number of ether oxygens (including phenoxy) is 5. The van der Waals surface area contributed by atoms with Gasteiger partial charge in [-0.05, 0) is 183 Å². The van der Waals surface area contributed by atoms with E-state index in [1.165, 1.54) is 102 Å². The van der Waals surface area contributed by atoms with Gasteiger partial charge < -0.3 is 94.7 Å². The Balaban J connectivity index is 1.56. The minimum absolute atomic E-state index is 0.0175. The van der Waals surface area contributed by atoms with Gasteiger partial charge in [0.15, 0.2) is 5.78 Å². The van der Waals surface area contributed by atoms with Crippen LogP contribution in [0.15, 0.2) is 72.8 Å². The van der Waals surface area contributed by atoms with Crippen molar-refractivity contribution in [2.45, 2.75) is 127 Å². The van der Waals surface area contributed by atoms with Gasteiger partial charge in [-0.15, -0.1) is 0 Å². The molecule has 4 aromatic carbocycles. The number of carbonyl (C=O) groups is 10. The Morgan fingerprint density at radius 1 is 0.422 bits per heavy atom. The number of carbonyl (C=O) groups excluding carboxylic acids is 9. The van der Waals surface area contributed by atoms with Crippen LogP contribution in [-0.4, -0.2) is 149 Å². The fourth-order valence-corrected chi connectivity index (χ4v) is 9.19. The number of unbranched alkanes of at least 4 members (excludes halogenated alkanes) is 4. The third-order valence-corrected chi connectivity index (χ3v) is 14.2. The SMILES string of the molecule is COc1ccc(OC(=O)[C@H](CCCCN)NC(=O)c2cc(NC(=O)[C@H](CCCCN)NC(=O)c3cc(NC(=O)[C@H](CCCCN)NC(=O)c4cc(NC(=O)[C@@H](N)CCCCN)ccc4OC)ccc3OC)ccc2OC)cc1C(=O)N[C@@H](CCC(=O)O)C(C)=O. The number of carboxylic acids is 1. The number of methoxy groups -OCH3 is 4. The lowest BCUT2D eigenvalue weighted by molar-refractivity contribution is -0.138. The molecule has 0 aliphatic rings. The molecule has 4 rings (SSSR count). The molecule has 0 aliphatic carbocycles. The zero-order chi connectivity index (χ0) is 66.3. The molecule has 5 atom stereocenters. The van der Waals surface area contributed by atoms with Crippen LogP contribution < -0.4 is 89.6 Å². The fraction of sp³-hybridized carbons (Fsp3) is 0.452. The second-order valence-electron chi connectivity index (χ2n) is 20.9. The number of hydrogen-bond acceptors (Lipinski definition) is 20. The molecular formula is C62H86N12O16. The topological polar surface area (TPSA) is 451 Å². The van der Waals surface area contributed by atoms with E-state index >= 15 is 0 Å². The summed E-state index contributed by atoms with van der Waals surface area (Å²) in [5, 5.41) is 28.1. The van der Waals surface area contributed by atoms with Crippen LogP contribution in [0.4, 0.5) is 17.1 Å². The zero-order valence-corrected chi connectivity index (χ0v) is 51.5. The first-order valence-corrected chi connectivity index (χ1v) is 29.5. The standard InChI is InChI=1S/C62H86N12O16/c1-36(75)46(22-27-54(76)77)71-58(81)44-35-40(21-26-53(44)89-5)90-62(85)49(17-9-13-31-66)74-57(80)43-34-39(20-25-52(43)88-4)70-61(84)48(16-8-12-30-65)73-56(79)42-33-38(19-24-51(42)87-3)69-60(83)47(15-7-11-29-64)72-55(78)41-32-37(18-23-50(41)86-2)68-59(82)45(67)14-6-10-28-63/h18-21,23-26,32-35,45-49H,6-17,22,27-31,63-67H2,1-5H3,(H,68,82)(H,69,83)(H,70,84)(H,71,81)(H,72,78)(H,73,79)(H,74,80)(H,76,77)/t45-,46-,47-,48-,49-/m0/s1. The average molecular weight is 1260 g/mol. The van der Waals surface area contributed by atoms with E-state index in [2.05, 4.69) is 37.2 Å². The summed E-state index contributed by atoms with van der Waals surface area (Å²) in [7, 11) is 5.30. The molecule has 28 heteroatoms. The summed E-state index contributed by atoms with van der Waals surface area (Å²) in [4.78, 5) is 135. The molecule has 0 saturated carbocycles. The molecule has 0 aromatic heterocycles. The van der Waals surface area contributed by atoms with Crippen LogP contribution in [0.3, 0.4) is 0 Å². The number of ketones is 1. The number of anilines is 3. The number of carboxylic acid groups (broad SMARTS) is 1. The average Bonchev–Trinajstić information content (AvgIpc) is 1.37. The molecule has 7 amide bonds.